The summed E-state index contributed by atoms with van der Waals surface area (Å²) in [5.41, 5.74) is 1.94. The third-order valence-electron chi connectivity index (χ3n) is 3.78. The first-order valence-corrected chi connectivity index (χ1v) is 7.27. The van der Waals surface area contributed by atoms with Crippen LogP contribution in [0.1, 0.15) is 38.8 Å². The molecule has 0 spiro atoms. The highest BCUT2D eigenvalue weighted by Gasteiger charge is 2.45. The average Bonchev–Trinajstić information content (AvgIpc) is 2.45. The Morgan fingerprint density at radius 3 is 1.45 bits per heavy atom. The molecule has 0 aliphatic carbocycles. The van der Waals surface area contributed by atoms with Gasteiger partial charge in [-0.2, -0.15) is 0 Å². The third-order valence-corrected chi connectivity index (χ3v) is 3.78. The van der Waals surface area contributed by atoms with E-state index in [1.165, 1.54) is 11.1 Å². The minimum Gasteiger partial charge on any atom is -0.365 e. The second-order valence-corrected chi connectivity index (χ2v) is 6.10. The van der Waals surface area contributed by atoms with Crippen LogP contribution in [0.3, 0.4) is 0 Å². The maximum absolute atomic E-state index is 6.37. The normalized spacial score (nSPS) is 12.4. The Morgan fingerprint density at radius 1 is 0.750 bits per heavy atom. The molecule has 0 saturated heterocycles. The molecule has 0 heterocycles. The first kappa shape index (κ1) is 14.8. The summed E-state index contributed by atoms with van der Waals surface area (Å²) in [5, 5.41) is 0. The first-order valence-electron chi connectivity index (χ1n) is 7.27. The van der Waals surface area contributed by atoms with E-state index in [9.17, 15) is 0 Å². The van der Waals surface area contributed by atoms with E-state index in [4.69, 9.17) is 4.74 Å². The largest absolute Gasteiger partial charge is 0.365 e. The number of benzene rings is 2. The molecule has 0 amide bonds. The van der Waals surface area contributed by atoms with Crippen molar-refractivity contribution in [2.75, 3.05) is 6.61 Å². The van der Waals surface area contributed by atoms with Gasteiger partial charge in [-0.3, -0.25) is 0 Å². The van der Waals surface area contributed by atoms with E-state index >= 15 is 0 Å². The van der Waals surface area contributed by atoms with E-state index in [-0.39, 0.29) is 5.41 Å². The molecule has 0 aromatic heterocycles. The van der Waals surface area contributed by atoms with Crippen LogP contribution >= 0.6 is 0 Å². The highest BCUT2D eigenvalue weighted by molar-refractivity contribution is 5.38. The number of hydrogen-bond acceptors (Lipinski definition) is 1. The van der Waals surface area contributed by atoms with Crippen molar-refractivity contribution in [3.05, 3.63) is 71.8 Å². The van der Waals surface area contributed by atoms with E-state index < -0.39 is 5.60 Å². The van der Waals surface area contributed by atoms with Gasteiger partial charge in [0, 0.05) is 6.61 Å². The molecule has 0 saturated carbocycles. The van der Waals surface area contributed by atoms with Crippen molar-refractivity contribution in [2.45, 2.75) is 33.3 Å². The first-order chi connectivity index (χ1) is 9.52. The molecule has 0 atom stereocenters. The Kier molecular flexibility index (Phi) is 4.29. The van der Waals surface area contributed by atoms with Gasteiger partial charge < -0.3 is 4.74 Å². The summed E-state index contributed by atoms with van der Waals surface area (Å²) in [6, 6.07) is 21.1. The van der Waals surface area contributed by atoms with Gasteiger partial charge in [0.25, 0.3) is 0 Å². The van der Waals surface area contributed by atoms with Gasteiger partial charge in [-0.05, 0) is 23.5 Å². The van der Waals surface area contributed by atoms with Gasteiger partial charge in [-0.1, -0.05) is 81.4 Å². The van der Waals surface area contributed by atoms with Crippen LogP contribution in [0.2, 0.25) is 0 Å². The molecule has 1 nitrogen and oxygen atoms in total. The van der Waals surface area contributed by atoms with E-state index in [1.54, 1.807) is 0 Å². The second-order valence-electron chi connectivity index (χ2n) is 6.10. The second kappa shape index (κ2) is 5.80. The lowest BCUT2D eigenvalue weighted by Gasteiger charge is -2.45. The molecule has 2 aromatic carbocycles. The van der Waals surface area contributed by atoms with Crippen LogP contribution in [0, 0.1) is 5.41 Å². The molecule has 2 aromatic rings. The van der Waals surface area contributed by atoms with Crippen LogP contribution < -0.4 is 0 Å². The molecule has 0 bridgehead atoms. The zero-order valence-electron chi connectivity index (χ0n) is 12.9. The highest BCUT2D eigenvalue weighted by Crippen LogP contribution is 2.47. The van der Waals surface area contributed by atoms with E-state index in [0.29, 0.717) is 6.61 Å². The molecule has 0 aliphatic heterocycles. The number of hydrogen-bond donors (Lipinski definition) is 0. The lowest BCUT2D eigenvalue weighted by molar-refractivity contribution is -0.0879. The molecule has 1 heteroatoms. The summed E-state index contributed by atoms with van der Waals surface area (Å²) >= 11 is 0. The number of rotatable bonds is 4. The lowest BCUT2D eigenvalue weighted by atomic mass is 9.68. The Bertz CT molecular complexity index is 483. The van der Waals surface area contributed by atoms with Crippen molar-refractivity contribution in [3.63, 3.8) is 0 Å². The molecule has 2 rings (SSSR count). The average molecular weight is 268 g/mol. The van der Waals surface area contributed by atoms with Gasteiger partial charge in [-0.25, -0.2) is 0 Å². The summed E-state index contributed by atoms with van der Waals surface area (Å²) in [6.07, 6.45) is 0. The van der Waals surface area contributed by atoms with Crippen molar-refractivity contribution < 1.29 is 4.74 Å². The van der Waals surface area contributed by atoms with E-state index in [1.807, 2.05) is 12.1 Å². The van der Waals surface area contributed by atoms with Crippen LogP contribution in [0.5, 0.6) is 0 Å². The summed E-state index contributed by atoms with van der Waals surface area (Å²) in [6.45, 7) is 9.46. The third kappa shape index (κ3) is 2.51. The topological polar surface area (TPSA) is 9.23 Å². The van der Waals surface area contributed by atoms with Gasteiger partial charge in [0.05, 0.1) is 0 Å². The standard InChI is InChI=1S/C19H24O/c1-5-20-19(18(2,3)4,16-12-8-6-9-13-16)17-14-10-7-11-15-17/h6-15H,5H2,1-4H3. The lowest BCUT2D eigenvalue weighted by Crippen LogP contribution is -2.43. The van der Waals surface area contributed by atoms with Crippen molar-refractivity contribution in [3.8, 4) is 0 Å². The van der Waals surface area contributed by atoms with Gasteiger partial charge in [0.1, 0.15) is 5.60 Å². The van der Waals surface area contributed by atoms with Crippen molar-refractivity contribution in [1.82, 2.24) is 0 Å². The summed E-state index contributed by atoms with van der Waals surface area (Å²) < 4.78 is 6.37. The van der Waals surface area contributed by atoms with Crippen molar-refractivity contribution in [1.29, 1.82) is 0 Å². The SMILES string of the molecule is CCOC(c1ccccc1)(c1ccccc1)C(C)(C)C. The Labute approximate surface area is 122 Å². The smallest absolute Gasteiger partial charge is 0.123 e. The predicted octanol–water partition coefficient (Wildman–Crippen LogP) is 5.01. The zero-order chi connectivity index (χ0) is 14.6. The summed E-state index contributed by atoms with van der Waals surface area (Å²) in [4.78, 5) is 0. The minimum atomic E-state index is -0.426. The van der Waals surface area contributed by atoms with Gasteiger partial charge >= 0.3 is 0 Å². The van der Waals surface area contributed by atoms with Crippen molar-refractivity contribution in [2.24, 2.45) is 5.41 Å². The van der Waals surface area contributed by atoms with Gasteiger partial charge in [0.2, 0.25) is 0 Å². The van der Waals surface area contributed by atoms with Crippen LogP contribution in [-0.4, -0.2) is 6.61 Å². The number of ether oxygens (including phenoxy) is 1. The molecular formula is C19H24O. The minimum absolute atomic E-state index is 0.0499. The highest BCUT2D eigenvalue weighted by atomic mass is 16.5. The van der Waals surface area contributed by atoms with Crippen LogP contribution in [-0.2, 0) is 10.3 Å². The van der Waals surface area contributed by atoms with E-state index in [0.717, 1.165) is 0 Å². The summed E-state index contributed by atoms with van der Waals surface area (Å²) in [7, 11) is 0. The van der Waals surface area contributed by atoms with Crippen LogP contribution in [0.25, 0.3) is 0 Å². The Balaban J connectivity index is 2.70. The maximum atomic E-state index is 6.37. The fraction of sp³-hybridized carbons (Fsp3) is 0.368. The molecule has 0 aliphatic rings. The predicted molar refractivity (Wildman–Crippen MR) is 84.7 cm³/mol. The van der Waals surface area contributed by atoms with E-state index in [2.05, 4.69) is 76.2 Å². The Morgan fingerprint density at radius 2 is 1.15 bits per heavy atom. The molecule has 0 unspecified atom stereocenters. The maximum Gasteiger partial charge on any atom is 0.123 e. The quantitative estimate of drug-likeness (QED) is 0.757. The summed E-state index contributed by atoms with van der Waals surface area (Å²) in [5.74, 6) is 0. The fourth-order valence-corrected chi connectivity index (χ4v) is 2.98. The van der Waals surface area contributed by atoms with Crippen LogP contribution in [0.15, 0.2) is 60.7 Å². The van der Waals surface area contributed by atoms with Gasteiger partial charge in [-0.15, -0.1) is 0 Å². The van der Waals surface area contributed by atoms with Gasteiger partial charge in [0.15, 0.2) is 0 Å². The monoisotopic (exact) mass is 268 g/mol. The van der Waals surface area contributed by atoms with Crippen molar-refractivity contribution >= 4 is 0 Å². The molecule has 0 fully saturated rings. The molecule has 20 heavy (non-hydrogen) atoms. The molecule has 0 radical (unpaired) electrons. The molecule has 0 N–H and O–H groups in total. The molecular weight excluding hydrogens is 244 g/mol. The molecule has 106 valence electrons. The zero-order valence-corrected chi connectivity index (χ0v) is 12.9. The Hall–Kier alpha value is -1.60. The van der Waals surface area contributed by atoms with Crippen LogP contribution in [0.4, 0.5) is 0 Å². The fourth-order valence-electron chi connectivity index (χ4n) is 2.98.